The minimum absolute atomic E-state index is 0.0609. The van der Waals surface area contributed by atoms with E-state index in [9.17, 15) is 14.4 Å². The fourth-order valence-electron chi connectivity index (χ4n) is 2.46. The monoisotopic (exact) mass is 386 g/mol. The van der Waals surface area contributed by atoms with Crippen LogP contribution in [0, 0.1) is 0 Å². The number of rotatable bonds is 6. The number of carbonyl (C=O) groups is 3. The van der Waals surface area contributed by atoms with Gasteiger partial charge in [0, 0.05) is 17.6 Å². The molecular weight excluding hydrogens is 360 g/mol. The Labute approximate surface area is 164 Å². The molecule has 0 aromatic heterocycles. The molecule has 2 aromatic carbocycles. The summed E-state index contributed by atoms with van der Waals surface area (Å²) in [7, 11) is 0. The summed E-state index contributed by atoms with van der Waals surface area (Å²) >= 11 is 0. The van der Waals surface area contributed by atoms with Crippen molar-refractivity contribution in [3.8, 4) is 0 Å². The van der Waals surface area contributed by atoms with Crippen LogP contribution < -0.4 is 10.6 Å². The van der Waals surface area contributed by atoms with Gasteiger partial charge in [0.2, 0.25) is 0 Å². The number of alkyl carbamates (subject to hydrolysis) is 1. The molecule has 28 heavy (non-hydrogen) atoms. The summed E-state index contributed by atoms with van der Waals surface area (Å²) in [6, 6.07) is 13.3. The molecule has 2 aromatic rings. The van der Waals surface area contributed by atoms with Crippen molar-refractivity contribution in [2.24, 2.45) is 0 Å². The van der Waals surface area contributed by atoms with Crippen LogP contribution in [0.5, 0.6) is 0 Å². The van der Waals surface area contributed by atoms with Crippen LogP contribution >= 0.6 is 0 Å². The molecule has 0 radical (unpaired) electrons. The van der Waals surface area contributed by atoms with E-state index in [1.165, 1.54) is 6.92 Å². The Kier molecular flexibility index (Phi) is 6.98. The van der Waals surface area contributed by atoms with Gasteiger partial charge in [0.15, 0.2) is 6.10 Å². The Balaban J connectivity index is 1.81. The highest BCUT2D eigenvalue weighted by atomic mass is 16.6. The minimum atomic E-state index is -0.965. The second kappa shape index (κ2) is 9.21. The third kappa shape index (κ3) is 6.57. The van der Waals surface area contributed by atoms with Crippen LogP contribution in [0.15, 0.2) is 42.5 Å². The van der Waals surface area contributed by atoms with Crippen LogP contribution in [0.1, 0.15) is 34.1 Å². The lowest BCUT2D eigenvalue weighted by Crippen LogP contribution is -2.35. The predicted octanol–water partition coefficient (Wildman–Crippen LogP) is 3.62. The Hall–Kier alpha value is -3.09. The molecule has 2 rings (SSSR count). The molecule has 7 nitrogen and oxygen atoms in total. The van der Waals surface area contributed by atoms with Gasteiger partial charge in [0.1, 0.15) is 5.60 Å². The molecule has 0 aliphatic heterocycles. The number of anilines is 1. The summed E-state index contributed by atoms with van der Waals surface area (Å²) < 4.78 is 10.2. The number of benzene rings is 2. The summed E-state index contributed by atoms with van der Waals surface area (Å²) in [6.07, 6.45) is -1.64. The number of hydrogen-bond acceptors (Lipinski definition) is 5. The van der Waals surface area contributed by atoms with Gasteiger partial charge in [-0.2, -0.15) is 0 Å². The van der Waals surface area contributed by atoms with Crippen molar-refractivity contribution in [3.05, 3.63) is 42.5 Å². The number of ether oxygens (including phenoxy) is 2. The van der Waals surface area contributed by atoms with Gasteiger partial charge >= 0.3 is 12.1 Å². The Morgan fingerprint density at radius 3 is 2.43 bits per heavy atom. The summed E-state index contributed by atoms with van der Waals surface area (Å²) in [5, 5.41) is 7.15. The molecule has 0 aliphatic carbocycles. The van der Waals surface area contributed by atoms with Crippen molar-refractivity contribution in [1.29, 1.82) is 0 Å². The molecule has 0 spiro atoms. The van der Waals surface area contributed by atoms with E-state index >= 15 is 0 Å². The van der Waals surface area contributed by atoms with E-state index in [1.807, 2.05) is 36.4 Å². The van der Waals surface area contributed by atoms with Gasteiger partial charge in [-0.25, -0.2) is 4.79 Å². The Morgan fingerprint density at radius 1 is 1.04 bits per heavy atom. The third-order valence-electron chi connectivity index (χ3n) is 3.72. The first-order valence-corrected chi connectivity index (χ1v) is 9.10. The van der Waals surface area contributed by atoms with Gasteiger partial charge in [-0.1, -0.05) is 36.4 Å². The van der Waals surface area contributed by atoms with Crippen LogP contribution in [-0.4, -0.2) is 36.2 Å². The number of fused-ring (bicyclic) bond motifs is 1. The molecule has 0 fully saturated rings. The van der Waals surface area contributed by atoms with Gasteiger partial charge in [0.05, 0.1) is 6.42 Å². The summed E-state index contributed by atoms with van der Waals surface area (Å²) in [5.41, 5.74) is 0.0383. The highest BCUT2D eigenvalue weighted by molar-refractivity contribution is 6.03. The maximum Gasteiger partial charge on any atom is 0.407 e. The lowest BCUT2D eigenvalue weighted by Gasteiger charge is -2.19. The molecule has 1 atom stereocenters. The predicted molar refractivity (Wildman–Crippen MR) is 107 cm³/mol. The fraction of sp³-hybridized carbons (Fsp3) is 0.381. The SMILES string of the molecule is C[C@H](OC(=O)CCNC(=O)OC(C)(C)C)C(=O)Nc1cccc2ccccc12. The third-order valence-corrected chi connectivity index (χ3v) is 3.72. The zero-order valence-electron chi connectivity index (χ0n) is 16.6. The second-order valence-corrected chi connectivity index (χ2v) is 7.33. The molecule has 0 saturated carbocycles. The molecule has 0 heterocycles. The largest absolute Gasteiger partial charge is 0.452 e. The maximum atomic E-state index is 12.4. The lowest BCUT2D eigenvalue weighted by atomic mass is 10.1. The number of nitrogens with one attached hydrogen (secondary N) is 2. The van der Waals surface area contributed by atoms with Crippen molar-refractivity contribution < 1.29 is 23.9 Å². The average molecular weight is 386 g/mol. The normalized spacial score (nSPS) is 12.1. The van der Waals surface area contributed by atoms with E-state index < -0.39 is 29.7 Å². The van der Waals surface area contributed by atoms with Crippen molar-refractivity contribution in [1.82, 2.24) is 5.32 Å². The molecule has 0 saturated heterocycles. The van der Waals surface area contributed by atoms with Crippen LogP contribution in [0.25, 0.3) is 10.8 Å². The molecular formula is C21H26N2O5. The summed E-state index contributed by atoms with van der Waals surface area (Å²) in [4.78, 5) is 35.8. The van der Waals surface area contributed by atoms with E-state index in [2.05, 4.69) is 10.6 Å². The van der Waals surface area contributed by atoms with Crippen molar-refractivity contribution in [2.75, 3.05) is 11.9 Å². The van der Waals surface area contributed by atoms with Crippen LogP contribution in [-0.2, 0) is 19.1 Å². The number of esters is 1. The molecule has 0 bridgehead atoms. The van der Waals surface area contributed by atoms with E-state index in [4.69, 9.17) is 9.47 Å². The highest BCUT2D eigenvalue weighted by Gasteiger charge is 2.19. The van der Waals surface area contributed by atoms with Gasteiger partial charge in [0.25, 0.3) is 5.91 Å². The molecule has 0 aliphatic rings. The lowest BCUT2D eigenvalue weighted by molar-refractivity contribution is -0.153. The summed E-state index contributed by atoms with van der Waals surface area (Å²) in [5.74, 6) is -1.01. The first-order valence-electron chi connectivity index (χ1n) is 9.10. The zero-order chi connectivity index (χ0) is 20.7. The fourth-order valence-corrected chi connectivity index (χ4v) is 2.46. The smallest absolute Gasteiger partial charge is 0.407 e. The summed E-state index contributed by atoms with van der Waals surface area (Å²) in [6.45, 7) is 6.80. The van der Waals surface area contributed by atoms with Gasteiger partial charge in [-0.3, -0.25) is 9.59 Å². The van der Waals surface area contributed by atoms with E-state index in [0.29, 0.717) is 5.69 Å². The van der Waals surface area contributed by atoms with Crippen molar-refractivity contribution in [2.45, 2.75) is 45.8 Å². The second-order valence-electron chi connectivity index (χ2n) is 7.33. The number of amides is 2. The molecule has 2 amide bonds. The average Bonchev–Trinajstić information content (AvgIpc) is 2.60. The number of hydrogen-bond donors (Lipinski definition) is 2. The zero-order valence-corrected chi connectivity index (χ0v) is 16.6. The first-order chi connectivity index (χ1) is 13.2. The minimum Gasteiger partial charge on any atom is -0.452 e. The van der Waals surface area contributed by atoms with Gasteiger partial charge in [-0.05, 0) is 39.1 Å². The maximum absolute atomic E-state index is 12.4. The topological polar surface area (TPSA) is 93.7 Å². The van der Waals surface area contributed by atoms with Crippen LogP contribution in [0.3, 0.4) is 0 Å². The Morgan fingerprint density at radius 2 is 1.71 bits per heavy atom. The standard InChI is InChI=1S/C21H26N2O5/c1-14(27-18(24)12-13-22-20(26)28-21(2,3)4)19(25)23-17-11-7-9-15-8-5-6-10-16(15)17/h5-11,14H,12-13H2,1-4H3,(H,22,26)(H,23,25)/t14-/m0/s1. The first kappa shape index (κ1) is 21.2. The highest BCUT2D eigenvalue weighted by Crippen LogP contribution is 2.23. The van der Waals surface area contributed by atoms with Gasteiger partial charge < -0.3 is 20.1 Å². The number of carbonyl (C=O) groups excluding carboxylic acids is 3. The molecule has 7 heteroatoms. The molecule has 150 valence electrons. The quantitative estimate of drug-likeness (QED) is 0.740. The molecule has 0 unspecified atom stereocenters. The molecule has 2 N–H and O–H groups in total. The van der Waals surface area contributed by atoms with E-state index in [-0.39, 0.29) is 13.0 Å². The van der Waals surface area contributed by atoms with Crippen LogP contribution in [0.4, 0.5) is 10.5 Å². The van der Waals surface area contributed by atoms with E-state index in [1.54, 1.807) is 26.8 Å². The van der Waals surface area contributed by atoms with Crippen LogP contribution in [0.2, 0.25) is 0 Å². The van der Waals surface area contributed by atoms with Crippen molar-refractivity contribution >= 4 is 34.4 Å². The Bertz CT molecular complexity index is 852. The van der Waals surface area contributed by atoms with Gasteiger partial charge in [-0.15, -0.1) is 0 Å². The van der Waals surface area contributed by atoms with Crippen molar-refractivity contribution in [3.63, 3.8) is 0 Å². The van der Waals surface area contributed by atoms with E-state index in [0.717, 1.165) is 10.8 Å².